The number of anilines is 1. The fourth-order valence-electron chi connectivity index (χ4n) is 1.73. The molecule has 0 saturated carbocycles. The predicted octanol–water partition coefficient (Wildman–Crippen LogP) is 5.12. The molecule has 2 aromatic carbocycles. The van der Waals surface area contributed by atoms with Gasteiger partial charge < -0.3 is 10.1 Å². The third-order valence-electron chi connectivity index (χ3n) is 2.92. The minimum atomic E-state index is -0.682. The van der Waals surface area contributed by atoms with Gasteiger partial charge in [-0.25, -0.2) is 0 Å². The number of ether oxygens (including phenoxy) is 1. The van der Waals surface area contributed by atoms with Gasteiger partial charge >= 0.3 is 0 Å². The summed E-state index contributed by atoms with van der Waals surface area (Å²) >= 11 is 13.5. The lowest BCUT2D eigenvalue weighted by Crippen LogP contribution is -2.30. The number of halogens is 2. The van der Waals surface area contributed by atoms with Crippen LogP contribution in [0.15, 0.2) is 47.4 Å². The highest BCUT2D eigenvalue weighted by atomic mass is 35.5. The number of carbonyl (C=O) groups excluding carboxylic acids is 1. The maximum absolute atomic E-state index is 12.1. The largest absolute Gasteiger partial charge is 0.479 e. The van der Waals surface area contributed by atoms with Crippen molar-refractivity contribution in [3.8, 4) is 5.75 Å². The van der Waals surface area contributed by atoms with Crippen molar-refractivity contribution in [1.29, 1.82) is 0 Å². The van der Waals surface area contributed by atoms with Gasteiger partial charge in [-0.2, -0.15) is 0 Å². The smallest absolute Gasteiger partial charge is 0.265 e. The Bertz CT molecular complexity index is 662. The summed E-state index contributed by atoms with van der Waals surface area (Å²) in [5.41, 5.74) is 0.723. The minimum Gasteiger partial charge on any atom is -0.479 e. The second kappa shape index (κ2) is 7.77. The fraction of sp³-hybridized carbons (Fsp3) is 0.188. The zero-order valence-corrected chi connectivity index (χ0v) is 14.4. The van der Waals surface area contributed by atoms with Crippen LogP contribution in [0.2, 0.25) is 10.0 Å². The summed E-state index contributed by atoms with van der Waals surface area (Å²) in [6.07, 6.45) is 1.32. The highest BCUT2D eigenvalue weighted by molar-refractivity contribution is 7.98. The number of rotatable bonds is 5. The Labute approximate surface area is 144 Å². The highest BCUT2D eigenvalue weighted by Crippen LogP contribution is 2.28. The maximum Gasteiger partial charge on any atom is 0.265 e. The molecule has 3 nitrogen and oxygen atoms in total. The third-order valence-corrected chi connectivity index (χ3v) is 4.20. The standard InChI is InChI=1S/C16H15Cl2NO2S/c1-10(21-15-8-3-11(17)9-14(15)18)16(20)19-12-4-6-13(22-2)7-5-12/h3-10H,1-2H3,(H,19,20). The average molecular weight is 356 g/mol. The van der Waals surface area contributed by atoms with E-state index >= 15 is 0 Å². The summed E-state index contributed by atoms with van der Waals surface area (Å²) in [4.78, 5) is 13.3. The summed E-state index contributed by atoms with van der Waals surface area (Å²) in [5, 5.41) is 3.69. The topological polar surface area (TPSA) is 38.3 Å². The van der Waals surface area contributed by atoms with E-state index in [-0.39, 0.29) is 5.91 Å². The molecule has 0 aromatic heterocycles. The molecule has 0 aliphatic rings. The highest BCUT2D eigenvalue weighted by Gasteiger charge is 2.16. The van der Waals surface area contributed by atoms with E-state index in [2.05, 4.69) is 5.32 Å². The SMILES string of the molecule is CSc1ccc(NC(=O)C(C)Oc2ccc(Cl)cc2Cl)cc1. The summed E-state index contributed by atoms with van der Waals surface area (Å²) in [6, 6.07) is 12.5. The van der Waals surface area contributed by atoms with E-state index in [4.69, 9.17) is 27.9 Å². The molecule has 0 saturated heterocycles. The molecule has 22 heavy (non-hydrogen) atoms. The Morgan fingerprint density at radius 2 is 1.86 bits per heavy atom. The van der Waals surface area contributed by atoms with E-state index in [9.17, 15) is 4.79 Å². The van der Waals surface area contributed by atoms with Gasteiger partial charge in [0.1, 0.15) is 5.75 Å². The van der Waals surface area contributed by atoms with E-state index in [1.54, 1.807) is 36.9 Å². The van der Waals surface area contributed by atoms with Crippen LogP contribution in [0.25, 0.3) is 0 Å². The second-order valence-corrected chi connectivity index (χ2v) is 6.28. The number of carbonyl (C=O) groups is 1. The van der Waals surface area contributed by atoms with Crippen LogP contribution in [0.4, 0.5) is 5.69 Å². The molecular formula is C16H15Cl2NO2S. The molecule has 2 rings (SSSR count). The normalized spacial score (nSPS) is 11.8. The summed E-state index contributed by atoms with van der Waals surface area (Å²) in [5.74, 6) is 0.175. The number of benzene rings is 2. The van der Waals surface area contributed by atoms with Gasteiger partial charge in [-0.15, -0.1) is 11.8 Å². The first-order chi connectivity index (χ1) is 10.5. The van der Waals surface area contributed by atoms with Crippen LogP contribution in [0.3, 0.4) is 0 Å². The quantitative estimate of drug-likeness (QED) is 0.756. The molecule has 1 unspecified atom stereocenters. The van der Waals surface area contributed by atoms with Crippen LogP contribution in [0.1, 0.15) is 6.92 Å². The van der Waals surface area contributed by atoms with Crippen LogP contribution in [0.5, 0.6) is 5.75 Å². The molecule has 0 aliphatic heterocycles. The molecule has 0 radical (unpaired) electrons. The molecule has 6 heteroatoms. The summed E-state index contributed by atoms with van der Waals surface area (Å²) in [7, 11) is 0. The minimum absolute atomic E-state index is 0.247. The van der Waals surface area contributed by atoms with Gasteiger partial charge in [0.05, 0.1) is 5.02 Å². The Balaban J connectivity index is 1.99. The van der Waals surface area contributed by atoms with Crippen molar-refractivity contribution in [1.82, 2.24) is 0 Å². The van der Waals surface area contributed by atoms with Gasteiger partial charge in [0.25, 0.3) is 5.91 Å². The van der Waals surface area contributed by atoms with Gasteiger partial charge in [0.15, 0.2) is 6.10 Å². The zero-order valence-electron chi connectivity index (χ0n) is 12.1. The van der Waals surface area contributed by atoms with E-state index in [1.807, 2.05) is 30.5 Å². The Hall–Kier alpha value is -1.36. The Morgan fingerprint density at radius 3 is 2.45 bits per heavy atom. The van der Waals surface area contributed by atoms with Crippen molar-refractivity contribution in [2.45, 2.75) is 17.9 Å². The molecule has 0 heterocycles. The number of nitrogens with one attached hydrogen (secondary N) is 1. The number of amides is 1. The third kappa shape index (κ3) is 4.57. The van der Waals surface area contributed by atoms with E-state index in [0.29, 0.717) is 15.8 Å². The Morgan fingerprint density at radius 1 is 1.18 bits per heavy atom. The predicted molar refractivity (Wildman–Crippen MR) is 93.4 cm³/mol. The maximum atomic E-state index is 12.1. The molecule has 1 amide bonds. The molecule has 2 aromatic rings. The van der Waals surface area contributed by atoms with Gasteiger partial charge in [0, 0.05) is 15.6 Å². The van der Waals surface area contributed by atoms with E-state index < -0.39 is 6.10 Å². The Kier molecular flexibility index (Phi) is 6.00. The first-order valence-corrected chi connectivity index (χ1v) is 8.54. The van der Waals surface area contributed by atoms with Crippen molar-refractivity contribution >= 4 is 46.6 Å². The van der Waals surface area contributed by atoms with Crippen LogP contribution in [-0.4, -0.2) is 18.3 Å². The molecule has 116 valence electrons. The van der Waals surface area contributed by atoms with Crippen LogP contribution < -0.4 is 10.1 Å². The van der Waals surface area contributed by atoms with Crippen molar-refractivity contribution in [3.05, 3.63) is 52.5 Å². The lowest BCUT2D eigenvalue weighted by molar-refractivity contribution is -0.122. The van der Waals surface area contributed by atoms with Crippen LogP contribution >= 0.6 is 35.0 Å². The molecule has 0 spiro atoms. The molecule has 0 aliphatic carbocycles. The van der Waals surface area contributed by atoms with Crippen LogP contribution in [-0.2, 0) is 4.79 Å². The van der Waals surface area contributed by atoms with Crippen molar-refractivity contribution < 1.29 is 9.53 Å². The van der Waals surface area contributed by atoms with Crippen molar-refractivity contribution in [3.63, 3.8) is 0 Å². The van der Waals surface area contributed by atoms with Crippen molar-refractivity contribution in [2.75, 3.05) is 11.6 Å². The zero-order chi connectivity index (χ0) is 16.1. The average Bonchev–Trinajstić information content (AvgIpc) is 2.50. The molecular weight excluding hydrogens is 341 g/mol. The van der Waals surface area contributed by atoms with Crippen LogP contribution in [0, 0.1) is 0 Å². The summed E-state index contributed by atoms with van der Waals surface area (Å²) in [6.45, 7) is 1.66. The lowest BCUT2D eigenvalue weighted by atomic mass is 10.3. The number of thioether (sulfide) groups is 1. The number of hydrogen-bond donors (Lipinski definition) is 1. The second-order valence-electron chi connectivity index (χ2n) is 4.55. The first-order valence-electron chi connectivity index (χ1n) is 6.56. The molecule has 1 N–H and O–H groups in total. The van der Waals surface area contributed by atoms with Gasteiger partial charge in [-0.3, -0.25) is 4.79 Å². The molecule has 0 fully saturated rings. The number of hydrogen-bond acceptors (Lipinski definition) is 3. The van der Waals surface area contributed by atoms with Gasteiger partial charge in [0.2, 0.25) is 0 Å². The van der Waals surface area contributed by atoms with E-state index in [1.165, 1.54) is 0 Å². The van der Waals surface area contributed by atoms with Gasteiger partial charge in [-0.05, 0) is 55.6 Å². The lowest BCUT2D eigenvalue weighted by Gasteiger charge is -2.16. The monoisotopic (exact) mass is 355 g/mol. The molecule has 0 bridgehead atoms. The fourth-order valence-corrected chi connectivity index (χ4v) is 2.59. The van der Waals surface area contributed by atoms with Gasteiger partial charge in [-0.1, -0.05) is 23.2 Å². The van der Waals surface area contributed by atoms with Crippen molar-refractivity contribution in [2.24, 2.45) is 0 Å². The van der Waals surface area contributed by atoms with E-state index in [0.717, 1.165) is 10.6 Å². The first kappa shape index (κ1) is 17.0. The summed E-state index contributed by atoms with van der Waals surface area (Å²) < 4.78 is 5.57. The molecule has 1 atom stereocenters.